The molecule has 0 radical (unpaired) electrons. The molecule has 2 saturated heterocycles. The number of aromatic nitrogens is 1. The maximum atomic E-state index is 12.5. The first kappa shape index (κ1) is 28.4. The highest BCUT2D eigenvalue weighted by Gasteiger charge is 2.43. The molecule has 218 valence electrons. The molecule has 5 nitrogen and oxygen atoms in total. The van der Waals surface area contributed by atoms with Gasteiger partial charge < -0.3 is 10.0 Å². The SMILES string of the molecule is O=C(O)C(C1CCCCC1)N1CC(CN2CCC(CCCc3cnc4ccccc4c3)CC2)C(c2ccccc2)C1. The predicted octanol–water partition coefficient (Wildman–Crippen LogP) is 7.02. The summed E-state index contributed by atoms with van der Waals surface area (Å²) in [5.41, 5.74) is 3.81. The highest BCUT2D eigenvalue weighted by Crippen LogP contribution is 2.39. The third kappa shape index (κ3) is 7.01. The Morgan fingerprint density at radius 1 is 0.927 bits per heavy atom. The largest absolute Gasteiger partial charge is 0.480 e. The van der Waals surface area contributed by atoms with Gasteiger partial charge in [-0.15, -0.1) is 0 Å². The lowest BCUT2D eigenvalue weighted by Gasteiger charge is -2.35. The Bertz CT molecular complexity index is 1270. The minimum atomic E-state index is -0.607. The van der Waals surface area contributed by atoms with E-state index in [9.17, 15) is 9.90 Å². The summed E-state index contributed by atoms with van der Waals surface area (Å²) in [6.45, 7) is 5.22. The molecule has 3 fully saturated rings. The van der Waals surface area contributed by atoms with Crippen molar-refractivity contribution < 1.29 is 9.90 Å². The van der Waals surface area contributed by atoms with Crippen LogP contribution in [-0.2, 0) is 11.2 Å². The fourth-order valence-corrected chi connectivity index (χ4v) is 8.14. The van der Waals surface area contributed by atoms with Gasteiger partial charge in [-0.25, -0.2) is 0 Å². The maximum Gasteiger partial charge on any atom is 0.321 e. The van der Waals surface area contributed by atoms with E-state index in [1.165, 1.54) is 74.5 Å². The van der Waals surface area contributed by atoms with Crippen molar-refractivity contribution in [2.24, 2.45) is 17.8 Å². The number of para-hydroxylation sites is 1. The molecule has 41 heavy (non-hydrogen) atoms. The summed E-state index contributed by atoms with van der Waals surface area (Å²) in [4.78, 5) is 22.2. The van der Waals surface area contributed by atoms with Gasteiger partial charge in [0.25, 0.3) is 0 Å². The van der Waals surface area contributed by atoms with E-state index in [-0.39, 0.29) is 6.04 Å². The molecule has 1 aliphatic carbocycles. The summed E-state index contributed by atoms with van der Waals surface area (Å²) in [5, 5.41) is 11.6. The molecule has 3 aliphatic rings. The monoisotopic (exact) mass is 553 g/mol. The van der Waals surface area contributed by atoms with E-state index in [1.54, 1.807) is 0 Å². The van der Waals surface area contributed by atoms with Gasteiger partial charge in [0.05, 0.1) is 5.52 Å². The Kier molecular flexibility index (Phi) is 9.32. The minimum Gasteiger partial charge on any atom is -0.480 e. The van der Waals surface area contributed by atoms with E-state index >= 15 is 0 Å². The standard InChI is InChI=1S/C36H47N3O2/c40-36(41)35(30-14-5-2-6-15-30)39-25-32(33(26-39)29-12-3-1-4-13-29)24-38-20-18-27(19-21-38)10-9-11-28-22-31-16-7-8-17-34(31)37-23-28/h1,3-4,7-8,12-13,16-17,22-23,27,30,32-33,35H,2,5-6,9-11,14-15,18-21,24-26H2,(H,40,41). The molecule has 1 saturated carbocycles. The van der Waals surface area contributed by atoms with Crippen molar-refractivity contribution in [1.29, 1.82) is 0 Å². The first-order valence-electron chi connectivity index (χ1n) is 16.2. The molecule has 1 aromatic heterocycles. The molecule has 2 aromatic carbocycles. The van der Waals surface area contributed by atoms with Gasteiger partial charge in [0.2, 0.25) is 0 Å². The number of piperidine rings is 1. The lowest BCUT2D eigenvalue weighted by atomic mass is 9.83. The molecular weight excluding hydrogens is 506 g/mol. The number of fused-ring (bicyclic) bond motifs is 1. The maximum absolute atomic E-state index is 12.5. The normalized spacial score (nSPS) is 24.1. The zero-order valence-corrected chi connectivity index (χ0v) is 24.5. The summed E-state index contributed by atoms with van der Waals surface area (Å²) in [5.74, 6) is 1.41. The predicted molar refractivity (Wildman–Crippen MR) is 166 cm³/mol. The van der Waals surface area contributed by atoms with E-state index in [0.29, 0.717) is 17.8 Å². The van der Waals surface area contributed by atoms with Crippen LogP contribution in [-0.4, -0.2) is 64.6 Å². The zero-order chi connectivity index (χ0) is 28.0. The summed E-state index contributed by atoms with van der Waals surface area (Å²) in [7, 11) is 0. The fraction of sp³-hybridized carbons (Fsp3) is 0.556. The quantitative estimate of drug-likeness (QED) is 0.292. The lowest BCUT2D eigenvalue weighted by Crippen LogP contribution is -2.46. The van der Waals surface area contributed by atoms with Gasteiger partial charge in [0.1, 0.15) is 6.04 Å². The van der Waals surface area contributed by atoms with Crippen molar-refractivity contribution in [3.8, 4) is 0 Å². The summed E-state index contributed by atoms with van der Waals surface area (Å²) < 4.78 is 0. The van der Waals surface area contributed by atoms with Crippen molar-refractivity contribution >= 4 is 16.9 Å². The van der Waals surface area contributed by atoms with Gasteiger partial charge in [-0.05, 0) is 92.6 Å². The number of likely N-dealkylation sites (tertiary alicyclic amines) is 2. The number of rotatable bonds is 10. The number of nitrogens with zero attached hydrogens (tertiary/aromatic N) is 3. The molecular formula is C36H47N3O2. The van der Waals surface area contributed by atoms with Crippen molar-refractivity contribution in [2.75, 3.05) is 32.7 Å². The Morgan fingerprint density at radius 2 is 1.68 bits per heavy atom. The van der Waals surface area contributed by atoms with Gasteiger partial charge in [0, 0.05) is 37.1 Å². The highest BCUT2D eigenvalue weighted by atomic mass is 16.4. The van der Waals surface area contributed by atoms with E-state index < -0.39 is 5.97 Å². The van der Waals surface area contributed by atoms with Gasteiger partial charge in [-0.1, -0.05) is 74.2 Å². The van der Waals surface area contributed by atoms with Crippen molar-refractivity contribution in [3.63, 3.8) is 0 Å². The Balaban J connectivity index is 1.03. The minimum absolute atomic E-state index is 0.303. The smallest absolute Gasteiger partial charge is 0.321 e. The molecule has 5 heteroatoms. The average Bonchev–Trinajstić information content (AvgIpc) is 3.41. The number of carboxylic acids is 1. The number of aryl methyl sites for hydroxylation is 1. The van der Waals surface area contributed by atoms with Crippen molar-refractivity contribution in [3.05, 3.63) is 78.0 Å². The second-order valence-corrected chi connectivity index (χ2v) is 13.1. The van der Waals surface area contributed by atoms with Crippen molar-refractivity contribution in [1.82, 2.24) is 14.8 Å². The third-order valence-electron chi connectivity index (χ3n) is 10.4. The molecule has 3 unspecified atom stereocenters. The van der Waals surface area contributed by atoms with Crippen LogP contribution in [0.3, 0.4) is 0 Å². The topological polar surface area (TPSA) is 56.7 Å². The number of carboxylic acid groups (broad SMARTS) is 1. The third-order valence-corrected chi connectivity index (χ3v) is 10.4. The van der Waals surface area contributed by atoms with Crippen LogP contribution in [0.1, 0.15) is 74.8 Å². The lowest BCUT2D eigenvalue weighted by molar-refractivity contribution is -0.145. The highest BCUT2D eigenvalue weighted by molar-refractivity contribution is 5.78. The average molecular weight is 554 g/mol. The first-order chi connectivity index (χ1) is 20.1. The number of aliphatic carboxylic acids is 1. The van der Waals surface area contributed by atoms with Gasteiger partial charge in [-0.3, -0.25) is 14.7 Å². The Labute approximate surface area is 246 Å². The van der Waals surface area contributed by atoms with E-state index in [4.69, 9.17) is 0 Å². The van der Waals surface area contributed by atoms with Gasteiger partial charge in [0.15, 0.2) is 0 Å². The van der Waals surface area contributed by atoms with E-state index in [2.05, 4.69) is 81.6 Å². The zero-order valence-electron chi connectivity index (χ0n) is 24.5. The fourth-order valence-electron chi connectivity index (χ4n) is 8.14. The number of hydrogen-bond acceptors (Lipinski definition) is 4. The first-order valence-corrected chi connectivity index (χ1v) is 16.2. The van der Waals surface area contributed by atoms with Gasteiger partial charge in [-0.2, -0.15) is 0 Å². The van der Waals surface area contributed by atoms with Crippen LogP contribution in [0.5, 0.6) is 0 Å². The molecule has 6 rings (SSSR count). The molecule has 3 heterocycles. The number of pyridine rings is 1. The van der Waals surface area contributed by atoms with Crippen LogP contribution in [0.15, 0.2) is 66.9 Å². The second-order valence-electron chi connectivity index (χ2n) is 13.1. The van der Waals surface area contributed by atoms with Crippen LogP contribution in [0.25, 0.3) is 10.9 Å². The summed E-state index contributed by atoms with van der Waals surface area (Å²) in [6, 6.07) is 21.3. The second kappa shape index (κ2) is 13.5. The number of hydrogen-bond donors (Lipinski definition) is 1. The number of benzene rings is 2. The van der Waals surface area contributed by atoms with Crippen LogP contribution in [0.2, 0.25) is 0 Å². The van der Waals surface area contributed by atoms with E-state index in [1.807, 2.05) is 0 Å². The van der Waals surface area contributed by atoms with Crippen molar-refractivity contribution in [2.45, 2.75) is 76.2 Å². The molecule has 1 N–H and O–H groups in total. The summed E-state index contributed by atoms with van der Waals surface area (Å²) in [6.07, 6.45) is 14.0. The summed E-state index contributed by atoms with van der Waals surface area (Å²) >= 11 is 0. The van der Waals surface area contributed by atoms with Crippen LogP contribution in [0.4, 0.5) is 0 Å². The molecule has 0 amide bonds. The van der Waals surface area contributed by atoms with Gasteiger partial charge >= 0.3 is 5.97 Å². The van der Waals surface area contributed by atoms with E-state index in [0.717, 1.165) is 50.3 Å². The van der Waals surface area contributed by atoms with Crippen LogP contribution >= 0.6 is 0 Å². The Hall–Kier alpha value is -2.76. The van der Waals surface area contributed by atoms with Crippen LogP contribution < -0.4 is 0 Å². The molecule has 2 aliphatic heterocycles. The molecule has 0 bridgehead atoms. The molecule has 0 spiro atoms. The Morgan fingerprint density at radius 3 is 2.46 bits per heavy atom. The number of carbonyl (C=O) groups is 1. The van der Waals surface area contributed by atoms with Crippen LogP contribution in [0, 0.1) is 17.8 Å². The molecule has 3 aromatic rings. The molecule has 3 atom stereocenters.